The van der Waals surface area contributed by atoms with E-state index in [9.17, 15) is 9.90 Å². The van der Waals surface area contributed by atoms with Crippen LogP contribution in [-0.4, -0.2) is 33.5 Å². The molecule has 21 heavy (non-hydrogen) atoms. The van der Waals surface area contributed by atoms with E-state index in [4.69, 9.17) is 0 Å². The predicted molar refractivity (Wildman–Crippen MR) is 79.0 cm³/mol. The molecular weight excluding hydrogens is 310 g/mol. The second-order valence-corrected chi connectivity index (χ2v) is 6.47. The van der Waals surface area contributed by atoms with Crippen molar-refractivity contribution in [1.29, 1.82) is 0 Å². The zero-order chi connectivity index (χ0) is 14.7. The molecule has 0 spiro atoms. The van der Waals surface area contributed by atoms with Gasteiger partial charge in [-0.15, -0.1) is 0 Å². The van der Waals surface area contributed by atoms with E-state index in [0.717, 1.165) is 16.7 Å². The maximum absolute atomic E-state index is 12.3. The third-order valence-electron chi connectivity index (χ3n) is 2.76. The molecule has 108 valence electrons. The summed E-state index contributed by atoms with van der Waals surface area (Å²) in [5, 5.41) is 15.4. The van der Waals surface area contributed by atoms with Crippen molar-refractivity contribution < 1.29 is 19.1 Å². The Hall–Kier alpha value is -1.80. The summed E-state index contributed by atoms with van der Waals surface area (Å²) in [5.74, 6) is 0.0613. The van der Waals surface area contributed by atoms with Gasteiger partial charge in [-0.1, -0.05) is 41.7 Å². The SMILES string of the molecule is O=C(CSC1=NCCS1)c1c([O-])on[n+]1-c1ccccc1. The number of nitrogens with zero attached hydrogens (tertiary/aromatic N) is 3. The molecule has 0 N–H and O–H groups in total. The van der Waals surface area contributed by atoms with Gasteiger partial charge in [-0.2, -0.15) is 0 Å². The first-order valence-corrected chi connectivity index (χ1v) is 8.20. The molecule has 1 aromatic heterocycles. The van der Waals surface area contributed by atoms with E-state index in [1.165, 1.54) is 16.4 Å². The molecule has 0 radical (unpaired) electrons. The fourth-order valence-corrected chi connectivity index (χ4v) is 3.70. The first-order chi connectivity index (χ1) is 10.3. The highest BCUT2D eigenvalue weighted by Gasteiger charge is 2.27. The molecule has 0 saturated heterocycles. The van der Waals surface area contributed by atoms with Crippen molar-refractivity contribution in [3.05, 3.63) is 36.0 Å². The van der Waals surface area contributed by atoms with Gasteiger partial charge in [0.15, 0.2) is 5.95 Å². The van der Waals surface area contributed by atoms with Crippen molar-refractivity contribution >= 4 is 33.7 Å². The number of carbonyl (C=O) groups is 1. The molecule has 1 aliphatic heterocycles. The Morgan fingerprint density at radius 1 is 1.43 bits per heavy atom. The zero-order valence-corrected chi connectivity index (χ0v) is 12.5. The molecule has 1 aliphatic rings. The molecule has 0 bridgehead atoms. The van der Waals surface area contributed by atoms with E-state index >= 15 is 0 Å². The monoisotopic (exact) mass is 321 g/mol. The molecule has 0 saturated carbocycles. The summed E-state index contributed by atoms with van der Waals surface area (Å²) in [4.78, 5) is 16.5. The number of aliphatic imine (C=N–C) groups is 1. The number of ketones is 1. The second kappa shape index (κ2) is 6.31. The fraction of sp³-hybridized carbons (Fsp3) is 0.231. The standard InChI is InChI=1S/C13H11N3O3S2/c17-10(8-21-13-14-6-7-20-13)11-12(18)19-15-16(11)9-4-2-1-3-5-9/h1-5H,6-8H2. The molecule has 0 atom stereocenters. The highest BCUT2D eigenvalue weighted by atomic mass is 32.2. The van der Waals surface area contributed by atoms with Gasteiger partial charge in [0.25, 0.3) is 0 Å². The Bertz CT molecular complexity index is 685. The van der Waals surface area contributed by atoms with Crippen molar-refractivity contribution in [3.63, 3.8) is 0 Å². The van der Waals surface area contributed by atoms with Crippen LogP contribution in [0.15, 0.2) is 39.8 Å². The number of para-hydroxylation sites is 1. The Morgan fingerprint density at radius 2 is 2.24 bits per heavy atom. The van der Waals surface area contributed by atoms with Gasteiger partial charge in [0, 0.05) is 17.9 Å². The number of aromatic nitrogens is 2. The maximum atomic E-state index is 12.3. The lowest BCUT2D eigenvalue weighted by Gasteiger charge is -1.98. The van der Waals surface area contributed by atoms with Crippen molar-refractivity contribution in [2.24, 2.45) is 4.99 Å². The van der Waals surface area contributed by atoms with Gasteiger partial charge in [0.2, 0.25) is 11.5 Å². The predicted octanol–water partition coefficient (Wildman–Crippen LogP) is 1.04. The highest BCUT2D eigenvalue weighted by Crippen LogP contribution is 2.23. The normalized spacial score (nSPS) is 14.2. The van der Waals surface area contributed by atoms with Crippen molar-refractivity contribution in [2.75, 3.05) is 18.1 Å². The van der Waals surface area contributed by atoms with Crippen LogP contribution >= 0.6 is 23.5 Å². The van der Waals surface area contributed by atoms with E-state index in [0.29, 0.717) is 5.69 Å². The van der Waals surface area contributed by atoms with Crippen molar-refractivity contribution in [3.8, 4) is 11.6 Å². The molecular formula is C13H11N3O3S2. The van der Waals surface area contributed by atoms with E-state index in [2.05, 4.69) is 14.8 Å². The molecule has 2 aromatic rings. The van der Waals surface area contributed by atoms with Gasteiger partial charge in [-0.05, 0) is 4.68 Å². The number of thioether (sulfide) groups is 2. The topological polar surface area (TPSA) is 82.4 Å². The average molecular weight is 321 g/mol. The maximum Gasteiger partial charge on any atom is 0.307 e. The lowest BCUT2D eigenvalue weighted by molar-refractivity contribution is -0.672. The van der Waals surface area contributed by atoms with Gasteiger partial charge >= 0.3 is 5.69 Å². The Labute approximate surface area is 129 Å². The number of rotatable bonds is 4. The fourth-order valence-electron chi connectivity index (χ4n) is 1.82. The Morgan fingerprint density at radius 3 is 2.95 bits per heavy atom. The smallest absolute Gasteiger partial charge is 0.307 e. The van der Waals surface area contributed by atoms with Crippen LogP contribution in [-0.2, 0) is 0 Å². The van der Waals surface area contributed by atoms with Gasteiger partial charge in [-0.3, -0.25) is 9.79 Å². The molecule has 0 fully saturated rings. The summed E-state index contributed by atoms with van der Waals surface area (Å²) in [5.41, 5.74) is 0.557. The summed E-state index contributed by atoms with van der Waals surface area (Å²) in [6.45, 7) is 0.783. The summed E-state index contributed by atoms with van der Waals surface area (Å²) < 4.78 is 6.77. The minimum atomic E-state index is -0.717. The van der Waals surface area contributed by atoms with E-state index in [1.807, 2.05) is 6.07 Å². The molecule has 3 rings (SSSR count). The Balaban J connectivity index is 1.81. The van der Waals surface area contributed by atoms with Crippen molar-refractivity contribution in [2.45, 2.75) is 0 Å². The minimum Gasteiger partial charge on any atom is -0.539 e. The van der Waals surface area contributed by atoms with Gasteiger partial charge in [0.05, 0.1) is 17.6 Å². The third-order valence-corrected chi connectivity index (χ3v) is 5.01. The average Bonchev–Trinajstić information content (AvgIpc) is 3.15. The van der Waals surface area contributed by atoms with Crippen LogP contribution in [0, 0.1) is 0 Å². The van der Waals surface area contributed by atoms with Crippen LogP contribution in [0.5, 0.6) is 5.95 Å². The van der Waals surface area contributed by atoms with Crippen LogP contribution in [0.25, 0.3) is 5.69 Å². The quantitative estimate of drug-likeness (QED) is 0.618. The zero-order valence-electron chi connectivity index (χ0n) is 10.9. The number of Topliss-reactive ketones (excluding diaryl/α,β-unsaturated/α-hetero) is 1. The highest BCUT2D eigenvalue weighted by molar-refractivity contribution is 8.39. The summed E-state index contributed by atoms with van der Waals surface area (Å²) in [6.07, 6.45) is 0. The van der Waals surface area contributed by atoms with Crippen molar-refractivity contribution in [1.82, 2.24) is 5.27 Å². The Kier molecular flexibility index (Phi) is 4.26. The lowest BCUT2D eigenvalue weighted by atomic mass is 10.3. The molecule has 0 unspecified atom stereocenters. The van der Waals surface area contributed by atoms with E-state index in [-0.39, 0.29) is 17.2 Å². The van der Waals surface area contributed by atoms with Gasteiger partial charge < -0.3 is 9.63 Å². The molecule has 1 aromatic carbocycles. The second-order valence-electron chi connectivity index (χ2n) is 4.16. The van der Waals surface area contributed by atoms with Crippen LogP contribution in [0.2, 0.25) is 0 Å². The number of hydrogen-bond donors (Lipinski definition) is 0. The van der Waals surface area contributed by atoms with Crippen LogP contribution in [0.3, 0.4) is 0 Å². The molecule has 2 heterocycles. The third kappa shape index (κ3) is 3.11. The van der Waals surface area contributed by atoms with Crippen LogP contribution in [0.4, 0.5) is 0 Å². The molecule has 0 amide bonds. The first kappa shape index (κ1) is 14.2. The lowest BCUT2D eigenvalue weighted by Crippen LogP contribution is -2.39. The van der Waals surface area contributed by atoms with E-state index in [1.54, 1.807) is 36.0 Å². The summed E-state index contributed by atoms with van der Waals surface area (Å²) in [7, 11) is 0. The number of hydrogen-bond acceptors (Lipinski definition) is 7. The van der Waals surface area contributed by atoms with Crippen LogP contribution in [0.1, 0.15) is 10.5 Å². The van der Waals surface area contributed by atoms with Crippen LogP contribution < -0.4 is 9.79 Å². The molecule has 6 nitrogen and oxygen atoms in total. The largest absolute Gasteiger partial charge is 0.539 e. The van der Waals surface area contributed by atoms with Gasteiger partial charge in [-0.25, -0.2) is 0 Å². The first-order valence-electron chi connectivity index (χ1n) is 6.23. The summed E-state index contributed by atoms with van der Waals surface area (Å²) in [6, 6.07) is 8.95. The number of benzene rings is 1. The number of carbonyl (C=O) groups excluding carboxylic acids is 1. The molecule has 8 heteroatoms. The summed E-state index contributed by atoms with van der Waals surface area (Å²) >= 11 is 2.97. The minimum absolute atomic E-state index is 0.0581. The molecule has 0 aliphatic carbocycles. The van der Waals surface area contributed by atoms with E-state index < -0.39 is 5.95 Å². The van der Waals surface area contributed by atoms with Gasteiger partial charge in [0.1, 0.15) is 4.38 Å².